The van der Waals surface area contributed by atoms with Gasteiger partial charge in [0.25, 0.3) is 0 Å². The van der Waals surface area contributed by atoms with Gasteiger partial charge >= 0.3 is 5.97 Å². The lowest BCUT2D eigenvalue weighted by atomic mass is 10.0. The maximum Gasteiger partial charge on any atom is 0.326 e. The van der Waals surface area contributed by atoms with Gasteiger partial charge in [-0.25, -0.2) is 4.79 Å². The molecule has 0 spiro atoms. The van der Waals surface area contributed by atoms with Crippen LogP contribution in [0.5, 0.6) is 11.5 Å². The molecule has 0 aromatic heterocycles. The minimum Gasteiger partial charge on any atom is -0.493 e. The molecule has 2 aromatic carbocycles. The summed E-state index contributed by atoms with van der Waals surface area (Å²) < 4.78 is 11.2. The number of rotatable bonds is 10. The van der Waals surface area contributed by atoms with Gasteiger partial charge in [-0.1, -0.05) is 50.2 Å². The molecule has 28 heavy (non-hydrogen) atoms. The molecule has 1 atom stereocenters. The first-order valence-corrected chi connectivity index (χ1v) is 9.24. The van der Waals surface area contributed by atoms with Crippen molar-refractivity contribution in [2.45, 2.75) is 39.3 Å². The van der Waals surface area contributed by atoms with E-state index in [2.05, 4.69) is 5.32 Å². The van der Waals surface area contributed by atoms with E-state index < -0.39 is 12.0 Å². The Morgan fingerprint density at radius 2 is 1.75 bits per heavy atom. The third kappa shape index (κ3) is 6.61. The van der Waals surface area contributed by atoms with Gasteiger partial charge in [0, 0.05) is 0 Å². The molecule has 0 aliphatic carbocycles. The molecule has 0 aliphatic heterocycles. The predicted molar refractivity (Wildman–Crippen MR) is 106 cm³/mol. The minimum atomic E-state index is -1.02. The fourth-order valence-corrected chi connectivity index (χ4v) is 2.80. The zero-order chi connectivity index (χ0) is 20.5. The Hall–Kier alpha value is -3.02. The van der Waals surface area contributed by atoms with Crippen LogP contribution in [0, 0.1) is 5.92 Å². The number of carboxylic acid groups (broad SMARTS) is 1. The molecule has 2 N–H and O–H groups in total. The number of carbonyl (C=O) groups is 2. The summed E-state index contributed by atoms with van der Waals surface area (Å²) in [6.07, 6.45) is 0.447. The standard InChI is InChI=1S/C22H27NO5/c1-15(2)11-18(22(25)26)23-21(24)13-17-9-10-19(27-3)20(12-17)28-14-16-7-5-4-6-8-16/h4-10,12,15,18H,11,13-14H2,1-3H3,(H,23,24)(H,25,26). The number of methoxy groups -OCH3 is 1. The Kier molecular flexibility index (Phi) is 7.87. The van der Waals surface area contributed by atoms with Crippen LogP contribution in [0.2, 0.25) is 0 Å². The number of benzene rings is 2. The Balaban J connectivity index is 2.04. The first kappa shape index (κ1) is 21.3. The molecule has 2 aromatic rings. The van der Waals surface area contributed by atoms with Gasteiger partial charge in [-0.15, -0.1) is 0 Å². The number of carboxylic acids is 1. The van der Waals surface area contributed by atoms with Gasteiger partial charge in [0.1, 0.15) is 12.6 Å². The van der Waals surface area contributed by atoms with Crippen molar-refractivity contribution in [3.63, 3.8) is 0 Å². The van der Waals surface area contributed by atoms with Crippen LogP contribution in [0.4, 0.5) is 0 Å². The van der Waals surface area contributed by atoms with Crippen molar-refractivity contribution in [1.82, 2.24) is 5.32 Å². The van der Waals surface area contributed by atoms with Crippen LogP contribution in [0.15, 0.2) is 48.5 Å². The average Bonchev–Trinajstić information content (AvgIpc) is 2.66. The van der Waals surface area contributed by atoms with Crippen molar-refractivity contribution in [2.75, 3.05) is 7.11 Å². The van der Waals surface area contributed by atoms with E-state index in [0.717, 1.165) is 11.1 Å². The van der Waals surface area contributed by atoms with Crippen molar-refractivity contribution in [2.24, 2.45) is 5.92 Å². The lowest BCUT2D eigenvalue weighted by Crippen LogP contribution is -2.42. The third-order valence-electron chi connectivity index (χ3n) is 4.17. The van der Waals surface area contributed by atoms with Crippen LogP contribution >= 0.6 is 0 Å². The van der Waals surface area contributed by atoms with E-state index in [1.54, 1.807) is 25.3 Å². The van der Waals surface area contributed by atoms with Crippen molar-refractivity contribution >= 4 is 11.9 Å². The second-order valence-corrected chi connectivity index (χ2v) is 7.02. The van der Waals surface area contributed by atoms with Gasteiger partial charge in [-0.05, 0) is 35.6 Å². The summed E-state index contributed by atoms with van der Waals surface area (Å²) in [4.78, 5) is 23.6. The maximum atomic E-state index is 12.3. The fraction of sp³-hybridized carbons (Fsp3) is 0.364. The van der Waals surface area contributed by atoms with Gasteiger partial charge in [0.2, 0.25) is 5.91 Å². The summed E-state index contributed by atoms with van der Waals surface area (Å²) in [7, 11) is 1.56. The molecular weight excluding hydrogens is 358 g/mol. The maximum absolute atomic E-state index is 12.3. The van der Waals surface area contributed by atoms with E-state index in [1.165, 1.54) is 0 Å². The number of carbonyl (C=O) groups excluding carboxylic acids is 1. The van der Waals surface area contributed by atoms with E-state index in [4.69, 9.17) is 9.47 Å². The van der Waals surface area contributed by atoms with Gasteiger partial charge < -0.3 is 19.9 Å². The van der Waals surface area contributed by atoms with Crippen LogP contribution in [0.25, 0.3) is 0 Å². The van der Waals surface area contributed by atoms with Gasteiger partial charge in [0.05, 0.1) is 13.5 Å². The number of aliphatic carboxylic acids is 1. The highest BCUT2D eigenvalue weighted by Gasteiger charge is 2.21. The van der Waals surface area contributed by atoms with Crippen molar-refractivity contribution in [3.8, 4) is 11.5 Å². The predicted octanol–water partition coefficient (Wildman–Crippen LogP) is 3.43. The highest BCUT2D eigenvalue weighted by molar-refractivity contribution is 5.85. The first-order valence-electron chi connectivity index (χ1n) is 9.24. The van der Waals surface area contributed by atoms with Gasteiger partial charge in [-0.2, -0.15) is 0 Å². The molecule has 0 saturated carbocycles. The molecule has 0 fully saturated rings. The molecule has 2 rings (SSSR count). The number of amides is 1. The second kappa shape index (κ2) is 10.3. The molecular formula is C22H27NO5. The van der Waals surface area contributed by atoms with Crippen molar-refractivity contribution in [1.29, 1.82) is 0 Å². The summed E-state index contributed by atoms with van der Waals surface area (Å²) in [6.45, 7) is 4.21. The van der Waals surface area contributed by atoms with E-state index in [0.29, 0.717) is 24.5 Å². The van der Waals surface area contributed by atoms with Crippen LogP contribution in [0.1, 0.15) is 31.4 Å². The molecule has 0 saturated heterocycles. The summed E-state index contributed by atoms with van der Waals surface area (Å²) in [5.41, 5.74) is 1.74. The Labute approximate surface area is 165 Å². The third-order valence-corrected chi connectivity index (χ3v) is 4.17. The summed E-state index contributed by atoms with van der Waals surface area (Å²) >= 11 is 0. The lowest BCUT2D eigenvalue weighted by Gasteiger charge is -2.17. The molecule has 0 bridgehead atoms. The number of ether oxygens (including phenoxy) is 2. The van der Waals surface area contributed by atoms with Gasteiger partial charge in [0.15, 0.2) is 11.5 Å². The monoisotopic (exact) mass is 385 g/mol. The van der Waals surface area contributed by atoms with Crippen molar-refractivity contribution < 1.29 is 24.2 Å². The molecule has 150 valence electrons. The van der Waals surface area contributed by atoms with Crippen LogP contribution in [0.3, 0.4) is 0 Å². The molecule has 0 heterocycles. The van der Waals surface area contributed by atoms with Crippen LogP contribution < -0.4 is 14.8 Å². The Morgan fingerprint density at radius 1 is 1.04 bits per heavy atom. The van der Waals surface area contributed by atoms with E-state index in [9.17, 15) is 14.7 Å². The topological polar surface area (TPSA) is 84.9 Å². The Morgan fingerprint density at radius 3 is 2.36 bits per heavy atom. The largest absolute Gasteiger partial charge is 0.493 e. The molecule has 1 unspecified atom stereocenters. The van der Waals surface area contributed by atoms with E-state index >= 15 is 0 Å². The smallest absolute Gasteiger partial charge is 0.326 e. The zero-order valence-corrected chi connectivity index (χ0v) is 16.5. The lowest BCUT2D eigenvalue weighted by molar-refractivity contribution is -0.142. The molecule has 0 aliphatic rings. The van der Waals surface area contributed by atoms with Gasteiger partial charge in [-0.3, -0.25) is 4.79 Å². The molecule has 1 amide bonds. The normalized spacial score (nSPS) is 11.7. The van der Waals surface area contributed by atoms with E-state index in [1.807, 2.05) is 44.2 Å². The second-order valence-electron chi connectivity index (χ2n) is 7.02. The summed E-state index contributed by atoms with van der Waals surface area (Å²) in [5.74, 6) is -0.0896. The number of hydrogen-bond donors (Lipinski definition) is 2. The quantitative estimate of drug-likeness (QED) is 0.654. The fourth-order valence-electron chi connectivity index (χ4n) is 2.80. The van der Waals surface area contributed by atoms with E-state index in [-0.39, 0.29) is 18.2 Å². The Bertz CT molecular complexity index is 789. The SMILES string of the molecule is COc1ccc(CC(=O)NC(CC(C)C)C(=O)O)cc1OCc1ccccc1. The highest BCUT2D eigenvalue weighted by atomic mass is 16.5. The molecule has 6 heteroatoms. The number of hydrogen-bond acceptors (Lipinski definition) is 4. The highest BCUT2D eigenvalue weighted by Crippen LogP contribution is 2.29. The zero-order valence-electron chi connectivity index (χ0n) is 16.5. The summed E-state index contributed by atoms with van der Waals surface area (Å²) in [5, 5.41) is 11.9. The molecule has 0 radical (unpaired) electrons. The van der Waals surface area contributed by atoms with Crippen LogP contribution in [-0.2, 0) is 22.6 Å². The van der Waals surface area contributed by atoms with Crippen LogP contribution in [-0.4, -0.2) is 30.1 Å². The number of nitrogens with one attached hydrogen (secondary N) is 1. The molecule has 6 nitrogen and oxygen atoms in total. The van der Waals surface area contributed by atoms with Crippen molar-refractivity contribution in [3.05, 3.63) is 59.7 Å². The first-order chi connectivity index (χ1) is 13.4. The average molecular weight is 385 g/mol. The summed E-state index contributed by atoms with van der Waals surface area (Å²) in [6, 6.07) is 14.1. The minimum absolute atomic E-state index is 0.0631.